The zero-order valence-electron chi connectivity index (χ0n) is 8.52. The average molecular weight is 265 g/mol. The maximum Gasteiger partial charge on any atom is 0.138 e. The fraction of sp³-hybridized carbons (Fsp3) is 0.417. The number of rotatable bonds is 0. The molecule has 0 atom stereocenters. The van der Waals surface area contributed by atoms with Crippen molar-refractivity contribution < 1.29 is 0 Å². The van der Waals surface area contributed by atoms with Crippen molar-refractivity contribution in [2.24, 2.45) is 0 Å². The first kappa shape index (κ1) is 9.40. The van der Waals surface area contributed by atoms with E-state index >= 15 is 0 Å². The van der Waals surface area contributed by atoms with Gasteiger partial charge in [-0.25, -0.2) is 4.98 Å². The lowest BCUT2D eigenvalue weighted by Crippen LogP contribution is -1.86. The van der Waals surface area contributed by atoms with Crippen LogP contribution in [0.25, 0.3) is 11.0 Å². The van der Waals surface area contributed by atoms with E-state index < -0.39 is 0 Å². The Kier molecular flexibility index (Phi) is 2.28. The molecule has 0 bridgehead atoms. The highest BCUT2D eigenvalue weighted by molar-refractivity contribution is 9.10. The van der Waals surface area contributed by atoms with Crippen LogP contribution in [0.1, 0.15) is 30.5 Å². The molecule has 0 aliphatic heterocycles. The summed E-state index contributed by atoms with van der Waals surface area (Å²) in [4.78, 5) is 7.85. The SMILES string of the molecule is Brc1ccnc2[nH]c3c(c12)CCCCC3. The third-order valence-corrected chi connectivity index (χ3v) is 3.85. The van der Waals surface area contributed by atoms with Crippen LogP contribution in [0.4, 0.5) is 0 Å². The highest BCUT2D eigenvalue weighted by atomic mass is 79.9. The molecule has 0 unspecified atom stereocenters. The van der Waals surface area contributed by atoms with Gasteiger partial charge in [0.1, 0.15) is 5.65 Å². The molecule has 0 saturated heterocycles. The van der Waals surface area contributed by atoms with Crippen LogP contribution in [-0.2, 0) is 12.8 Å². The number of nitrogens with zero attached hydrogens (tertiary/aromatic N) is 1. The number of halogens is 1. The Morgan fingerprint density at radius 3 is 3.00 bits per heavy atom. The van der Waals surface area contributed by atoms with Gasteiger partial charge in [-0.3, -0.25) is 0 Å². The quantitative estimate of drug-likeness (QED) is 0.724. The van der Waals surface area contributed by atoms with Crippen molar-refractivity contribution in [1.29, 1.82) is 0 Å². The first-order chi connectivity index (χ1) is 7.36. The molecule has 2 aromatic heterocycles. The Morgan fingerprint density at radius 2 is 2.07 bits per heavy atom. The Hall–Kier alpha value is -0.830. The highest BCUT2D eigenvalue weighted by Crippen LogP contribution is 2.31. The third kappa shape index (κ3) is 1.49. The Labute approximate surface area is 97.2 Å². The minimum Gasteiger partial charge on any atom is -0.343 e. The number of pyridine rings is 1. The third-order valence-electron chi connectivity index (χ3n) is 3.19. The van der Waals surface area contributed by atoms with E-state index in [9.17, 15) is 0 Å². The van der Waals surface area contributed by atoms with E-state index in [4.69, 9.17) is 0 Å². The zero-order chi connectivity index (χ0) is 10.3. The summed E-state index contributed by atoms with van der Waals surface area (Å²) in [5, 5.41) is 1.30. The molecule has 0 saturated carbocycles. The van der Waals surface area contributed by atoms with Crippen molar-refractivity contribution >= 4 is 27.0 Å². The molecule has 0 fully saturated rings. The number of H-pyrrole nitrogens is 1. The molecule has 1 aliphatic carbocycles. The smallest absolute Gasteiger partial charge is 0.138 e. The zero-order valence-corrected chi connectivity index (χ0v) is 10.1. The van der Waals surface area contributed by atoms with E-state index in [1.54, 1.807) is 0 Å². The number of aryl methyl sites for hydroxylation is 2. The monoisotopic (exact) mass is 264 g/mol. The number of nitrogens with one attached hydrogen (secondary N) is 1. The molecule has 1 aliphatic rings. The van der Waals surface area contributed by atoms with Crippen LogP contribution in [0.5, 0.6) is 0 Å². The van der Waals surface area contributed by atoms with Crippen molar-refractivity contribution in [3.8, 4) is 0 Å². The highest BCUT2D eigenvalue weighted by Gasteiger charge is 2.16. The first-order valence-corrected chi connectivity index (χ1v) is 6.29. The van der Waals surface area contributed by atoms with Crippen molar-refractivity contribution in [2.75, 3.05) is 0 Å². The maximum atomic E-state index is 4.39. The van der Waals surface area contributed by atoms with Gasteiger partial charge in [0.15, 0.2) is 0 Å². The Bertz CT molecular complexity index is 502. The van der Waals surface area contributed by atoms with E-state index in [1.165, 1.54) is 53.2 Å². The summed E-state index contributed by atoms with van der Waals surface area (Å²) in [7, 11) is 0. The second kappa shape index (κ2) is 3.63. The van der Waals surface area contributed by atoms with E-state index in [0.717, 1.165) is 5.65 Å². The van der Waals surface area contributed by atoms with Gasteiger partial charge >= 0.3 is 0 Å². The fourth-order valence-corrected chi connectivity index (χ4v) is 3.00. The van der Waals surface area contributed by atoms with Crippen molar-refractivity contribution in [1.82, 2.24) is 9.97 Å². The molecular formula is C12H13BrN2. The van der Waals surface area contributed by atoms with E-state index in [-0.39, 0.29) is 0 Å². The van der Waals surface area contributed by atoms with Gasteiger partial charge in [0, 0.05) is 21.7 Å². The standard InChI is InChI=1S/C12H13BrN2/c13-9-6-7-14-12-11(9)8-4-2-1-3-5-10(8)15-12/h6-7H,1-5H2,(H,14,15). The van der Waals surface area contributed by atoms with Gasteiger partial charge in [-0.05, 0) is 53.2 Å². The number of fused-ring (bicyclic) bond motifs is 3. The first-order valence-electron chi connectivity index (χ1n) is 5.50. The lowest BCUT2D eigenvalue weighted by molar-refractivity contribution is 0.708. The number of aromatic nitrogens is 2. The molecule has 2 heterocycles. The van der Waals surface area contributed by atoms with Gasteiger partial charge < -0.3 is 4.98 Å². The molecule has 78 valence electrons. The molecule has 0 radical (unpaired) electrons. The molecule has 2 nitrogen and oxygen atoms in total. The molecule has 0 amide bonds. The van der Waals surface area contributed by atoms with Gasteiger partial charge in [-0.2, -0.15) is 0 Å². The van der Waals surface area contributed by atoms with Gasteiger partial charge in [0.25, 0.3) is 0 Å². The summed E-state index contributed by atoms with van der Waals surface area (Å²) in [6, 6.07) is 2.03. The fourth-order valence-electron chi connectivity index (χ4n) is 2.46. The molecule has 0 spiro atoms. The van der Waals surface area contributed by atoms with Gasteiger partial charge in [0.05, 0.1) is 0 Å². The molecule has 3 rings (SSSR count). The van der Waals surface area contributed by atoms with Crippen LogP contribution in [0.15, 0.2) is 16.7 Å². The topological polar surface area (TPSA) is 28.7 Å². The average Bonchev–Trinajstić information content (AvgIpc) is 2.43. The van der Waals surface area contributed by atoms with Crippen LogP contribution in [0.3, 0.4) is 0 Å². The van der Waals surface area contributed by atoms with Gasteiger partial charge in [-0.15, -0.1) is 0 Å². The molecule has 3 heteroatoms. The van der Waals surface area contributed by atoms with Crippen molar-refractivity contribution in [3.63, 3.8) is 0 Å². The largest absolute Gasteiger partial charge is 0.343 e. The lowest BCUT2D eigenvalue weighted by Gasteiger charge is -1.99. The van der Waals surface area contributed by atoms with Crippen molar-refractivity contribution in [3.05, 3.63) is 28.0 Å². The molecule has 1 N–H and O–H groups in total. The van der Waals surface area contributed by atoms with Crippen LogP contribution in [0.2, 0.25) is 0 Å². The van der Waals surface area contributed by atoms with Gasteiger partial charge in [-0.1, -0.05) is 6.42 Å². The van der Waals surface area contributed by atoms with E-state index in [2.05, 4.69) is 25.9 Å². The van der Waals surface area contributed by atoms with E-state index in [0.29, 0.717) is 0 Å². The molecule has 0 aromatic carbocycles. The van der Waals surface area contributed by atoms with Gasteiger partial charge in [0.2, 0.25) is 0 Å². The van der Waals surface area contributed by atoms with Crippen molar-refractivity contribution in [2.45, 2.75) is 32.1 Å². The summed E-state index contributed by atoms with van der Waals surface area (Å²) in [6.45, 7) is 0. The molecule has 15 heavy (non-hydrogen) atoms. The number of aromatic amines is 1. The predicted octanol–water partition coefficient (Wildman–Crippen LogP) is 3.59. The molecule has 2 aromatic rings. The number of hydrogen-bond donors (Lipinski definition) is 1. The van der Waals surface area contributed by atoms with Crippen LogP contribution in [-0.4, -0.2) is 9.97 Å². The number of hydrogen-bond acceptors (Lipinski definition) is 1. The Morgan fingerprint density at radius 1 is 1.20 bits per heavy atom. The van der Waals surface area contributed by atoms with Crippen LogP contribution >= 0.6 is 15.9 Å². The van der Waals surface area contributed by atoms with Crippen LogP contribution in [0, 0.1) is 0 Å². The Balaban J connectivity index is 2.29. The summed E-state index contributed by atoms with van der Waals surface area (Å²) >= 11 is 3.62. The molecular weight excluding hydrogens is 252 g/mol. The van der Waals surface area contributed by atoms with E-state index in [1.807, 2.05) is 12.3 Å². The summed E-state index contributed by atoms with van der Waals surface area (Å²) in [5.74, 6) is 0. The summed E-state index contributed by atoms with van der Waals surface area (Å²) in [5.41, 5.74) is 3.93. The van der Waals surface area contributed by atoms with Crippen LogP contribution < -0.4 is 0 Å². The summed E-state index contributed by atoms with van der Waals surface area (Å²) < 4.78 is 1.17. The predicted molar refractivity (Wildman–Crippen MR) is 65.1 cm³/mol. The second-order valence-corrected chi connectivity index (χ2v) is 5.01. The minimum atomic E-state index is 1.04. The second-order valence-electron chi connectivity index (χ2n) is 4.16. The minimum absolute atomic E-state index is 1.04. The maximum absolute atomic E-state index is 4.39. The normalized spacial score (nSPS) is 16.3. The summed E-state index contributed by atoms with van der Waals surface area (Å²) in [6.07, 6.45) is 8.18. The lowest BCUT2D eigenvalue weighted by atomic mass is 10.1.